The first kappa shape index (κ1) is 13.1. The first-order chi connectivity index (χ1) is 9.15. The lowest BCUT2D eigenvalue weighted by Gasteiger charge is -2.10. The second kappa shape index (κ2) is 6.05. The Bertz CT molecular complexity index is 564. The van der Waals surface area contributed by atoms with Crippen molar-refractivity contribution in [2.24, 2.45) is 0 Å². The van der Waals surface area contributed by atoms with Crippen LogP contribution in [0.5, 0.6) is 0 Å². The molecule has 0 aliphatic carbocycles. The minimum absolute atomic E-state index is 0.183. The molecular weight excluding hydrogens is 236 g/mol. The average molecular weight is 254 g/mol. The molecule has 2 amide bonds. The highest BCUT2D eigenvalue weighted by Crippen LogP contribution is 2.16. The van der Waals surface area contributed by atoms with Crippen LogP contribution in [0.2, 0.25) is 0 Å². The van der Waals surface area contributed by atoms with Crippen molar-refractivity contribution in [1.82, 2.24) is 5.32 Å². The molecule has 2 aromatic carbocycles. The van der Waals surface area contributed by atoms with Gasteiger partial charge >= 0.3 is 6.03 Å². The number of benzene rings is 2. The molecule has 0 bridgehead atoms. The minimum atomic E-state index is -0.183. The number of amides is 2. The van der Waals surface area contributed by atoms with E-state index in [0.717, 1.165) is 22.4 Å². The summed E-state index contributed by atoms with van der Waals surface area (Å²) in [4.78, 5) is 11.8. The van der Waals surface area contributed by atoms with Crippen molar-refractivity contribution < 1.29 is 4.79 Å². The second-order valence-corrected chi connectivity index (χ2v) is 4.61. The van der Waals surface area contributed by atoms with E-state index in [1.165, 1.54) is 0 Å². The quantitative estimate of drug-likeness (QED) is 0.863. The van der Waals surface area contributed by atoms with Gasteiger partial charge in [-0.15, -0.1) is 0 Å². The molecule has 0 fully saturated rings. The Morgan fingerprint density at radius 1 is 1.05 bits per heavy atom. The Balaban J connectivity index is 1.93. The Morgan fingerprint density at radius 3 is 2.53 bits per heavy atom. The van der Waals surface area contributed by atoms with Gasteiger partial charge in [-0.25, -0.2) is 4.79 Å². The SMILES string of the molecule is Cc1ccc(C)c(NC(=O)NCc2ccccc2)c1. The predicted octanol–water partition coefficient (Wildman–Crippen LogP) is 3.63. The molecule has 3 heteroatoms. The third kappa shape index (κ3) is 3.85. The van der Waals surface area contributed by atoms with E-state index in [-0.39, 0.29) is 6.03 Å². The summed E-state index contributed by atoms with van der Waals surface area (Å²) in [5.74, 6) is 0. The van der Waals surface area contributed by atoms with Gasteiger partial charge in [-0.05, 0) is 36.6 Å². The van der Waals surface area contributed by atoms with Crippen LogP contribution in [0.3, 0.4) is 0 Å². The summed E-state index contributed by atoms with van der Waals surface area (Å²) in [5.41, 5.74) is 4.12. The number of hydrogen-bond donors (Lipinski definition) is 2. The molecule has 0 aliphatic rings. The first-order valence-electron chi connectivity index (χ1n) is 6.31. The summed E-state index contributed by atoms with van der Waals surface area (Å²) in [5, 5.41) is 5.72. The highest BCUT2D eigenvalue weighted by molar-refractivity contribution is 5.90. The second-order valence-electron chi connectivity index (χ2n) is 4.61. The van der Waals surface area contributed by atoms with Gasteiger partial charge in [0.15, 0.2) is 0 Å². The number of carbonyl (C=O) groups excluding carboxylic acids is 1. The molecule has 3 nitrogen and oxygen atoms in total. The van der Waals surface area contributed by atoms with Crippen LogP contribution in [0.15, 0.2) is 48.5 Å². The lowest BCUT2D eigenvalue weighted by molar-refractivity contribution is 0.251. The van der Waals surface area contributed by atoms with Crippen LogP contribution in [0.1, 0.15) is 16.7 Å². The summed E-state index contributed by atoms with van der Waals surface area (Å²) < 4.78 is 0. The van der Waals surface area contributed by atoms with Gasteiger partial charge in [0.25, 0.3) is 0 Å². The van der Waals surface area contributed by atoms with Crippen LogP contribution in [0.25, 0.3) is 0 Å². The number of aryl methyl sites for hydroxylation is 2. The molecule has 0 radical (unpaired) electrons. The van der Waals surface area contributed by atoms with E-state index in [2.05, 4.69) is 10.6 Å². The molecule has 0 saturated carbocycles. The fourth-order valence-electron chi connectivity index (χ4n) is 1.82. The van der Waals surface area contributed by atoms with Crippen molar-refractivity contribution in [2.45, 2.75) is 20.4 Å². The van der Waals surface area contributed by atoms with Crippen molar-refractivity contribution in [1.29, 1.82) is 0 Å². The molecule has 0 aromatic heterocycles. The summed E-state index contributed by atoms with van der Waals surface area (Å²) >= 11 is 0. The van der Waals surface area contributed by atoms with Crippen molar-refractivity contribution in [3.63, 3.8) is 0 Å². The smallest absolute Gasteiger partial charge is 0.319 e. The van der Waals surface area contributed by atoms with E-state index in [9.17, 15) is 4.79 Å². The van der Waals surface area contributed by atoms with Gasteiger partial charge in [0.05, 0.1) is 0 Å². The maximum absolute atomic E-state index is 11.8. The van der Waals surface area contributed by atoms with Crippen LogP contribution in [0, 0.1) is 13.8 Å². The maximum Gasteiger partial charge on any atom is 0.319 e. The van der Waals surface area contributed by atoms with Gasteiger partial charge in [-0.1, -0.05) is 42.5 Å². The van der Waals surface area contributed by atoms with Crippen LogP contribution < -0.4 is 10.6 Å². The number of nitrogens with one attached hydrogen (secondary N) is 2. The summed E-state index contributed by atoms with van der Waals surface area (Å²) in [6, 6.07) is 15.7. The molecule has 2 aromatic rings. The lowest BCUT2D eigenvalue weighted by Crippen LogP contribution is -2.28. The molecular formula is C16H18N2O. The minimum Gasteiger partial charge on any atom is -0.334 e. The summed E-state index contributed by atoms with van der Waals surface area (Å²) in [6.45, 7) is 4.51. The number of rotatable bonds is 3. The topological polar surface area (TPSA) is 41.1 Å². The lowest BCUT2D eigenvalue weighted by atomic mass is 10.1. The zero-order valence-electron chi connectivity index (χ0n) is 11.2. The molecule has 0 heterocycles. The third-order valence-corrected chi connectivity index (χ3v) is 2.94. The van der Waals surface area contributed by atoms with Gasteiger partial charge in [0.2, 0.25) is 0 Å². The molecule has 0 aliphatic heterocycles. The van der Waals surface area contributed by atoms with E-state index in [1.807, 2.05) is 62.4 Å². The Kier molecular flexibility index (Phi) is 4.18. The molecule has 0 saturated heterocycles. The van der Waals surface area contributed by atoms with Gasteiger partial charge in [-0.2, -0.15) is 0 Å². The number of anilines is 1. The largest absolute Gasteiger partial charge is 0.334 e. The predicted molar refractivity (Wildman–Crippen MR) is 78.2 cm³/mol. The van der Waals surface area contributed by atoms with E-state index in [1.54, 1.807) is 0 Å². The molecule has 0 spiro atoms. The zero-order valence-corrected chi connectivity index (χ0v) is 11.2. The highest BCUT2D eigenvalue weighted by atomic mass is 16.2. The Morgan fingerprint density at radius 2 is 1.79 bits per heavy atom. The first-order valence-corrected chi connectivity index (χ1v) is 6.31. The highest BCUT2D eigenvalue weighted by Gasteiger charge is 2.04. The fraction of sp³-hybridized carbons (Fsp3) is 0.188. The van der Waals surface area contributed by atoms with Crippen molar-refractivity contribution >= 4 is 11.7 Å². The van der Waals surface area contributed by atoms with Gasteiger partial charge in [0.1, 0.15) is 0 Å². The number of hydrogen-bond acceptors (Lipinski definition) is 1. The molecule has 0 atom stereocenters. The van der Waals surface area contributed by atoms with Crippen LogP contribution in [0.4, 0.5) is 10.5 Å². The Labute approximate surface area is 113 Å². The van der Waals surface area contributed by atoms with E-state index < -0.39 is 0 Å². The van der Waals surface area contributed by atoms with E-state index >= 15 is 0 Å². The Hall–Kier alpha value is -2.29. The van der Waals surface area contributed by atoms with Crippen LogP contribution in [-0.4, -0.2) is 6.03 Å². The summed E-state index contributed by atoms with van der Waals surface area (Å²) in [7, 11) is 0. The van der Waals surface area contributed by atoms with E-state index in [0.29, 0.717) is 6.54 Å². The maximum atomic E-state index is 11.8. The average Bonchev–Trinajstić information content (AvgIpc) is 2.42. The van der Waals surface area contributed by atoms with Crippen molar-refractivity contribution in [3.8, 4) is 0 Å². The zero-order chi connectivity index (χ0) is 13.7. The molecule has 2 rings (SSSR count). The van der Waals surface area contributed by atoms with E-state index in [4.69, 9.17) is 0 Å². The van der Waals surface area contributed by atoms with Gasteiger partial charge in [-0.3, -0.25) is 0 Å². The van der Waals surface area contributed by atoms with Crippen LogP contribution in [-0.2, 0) is 6.54 Å². The van der Waals surface area contributed by atoms with Gasteiger partial charge < -0.3 is 10.6 Å². The summed E-state index contributed by atoms with van der Waals surface area (Å²) in [6.07, 6.45) is 0. The molecule has 98 valence electrons. The number of urea groups is 1. The van der Waals surface area contributed by atoms with Crippen molar-refractivity contribution in [3.05, 3.63) is 65.2 Å². The fourth-order valence-corrected chi connectivity index (χ4v) is 1.82. The monoisotopic (exact) mass is 254 g/mol. The molecule has 2 N–H and O–H groups in total. The molecule has 0 unspecified atom stereocenters. The third-order valence-electron chi connectivity index (χ3n) is 2.94. The van der Waals surface area contributed by atoms with Crippen LogP contribution >= 0.6 is 0 Å². The van der Waals surface area contributed by atoms with Crippen molar-refractivity contribution in [2.75, 3.05) is 5.32 Å². The standard InChI is InChI=1S/C16H18N2O/c1-12-8-9-13(2)15(10-12)18-16(19)17-11-14-6-4-3-5-7-14/h3-10H,11H2,1-2H3,(H2,17,18,19). The molecule has 19 heavy (non-hydrogen) atoms. The number of carbonyl (C=O) groups is 1. The normalized spacial score (nSPS) is 10.0. The van der Waals surface area contributed by atoms with Gasteiger partial charge in [0, 0.05) is 12.2 Å².